The lowest BCUT2D eigenvalue weighted by molar-refractivity contribution is 0.0565. The van der Waals surface area contributed by atoms with Crippen molar-refractivity contribution in [2.24, 2.45) is 0 Å². The lowest BCUT2D eigenvalue weighted by Gasteiger charge is -2.22. The van der Waals surface area contributed by atoms with E-state index in [4.69, 9.17) is 0 Å². The summed E-state index contributed by atoms with van der Waals surface area (Å²) in [5, 5.41) is 4.27. The van der Waals surface area contributed by atoms with Gasteiger partial charge in [0.15, 0.2) is 0 Å². The van der Waals surface area contributed by atoms with Crippen LogP contribution in [0.4, 0.5) is 0 Å². The molecule has 0 radical (unpaired) electrons. The van der Waals surface area contributed by atoms with E-state index in [1.165, 1.54) is 6.42 Å². The Morgan fingerprint density at radius 1 is 1.00 bits per heavy atom. The van der Waals surface area contributed by atoms with Crippen LogP contribution in [0.2, 0.25) is 0 Å². The summed E-state index contributed by atoms with van der Waals surface area (Å²) in [6.45, 7) is 7.33. The predicted molar refractivity (Wildman–Crippen MR) is 48.0 cm³/mol. The summed E-state index contributed by atoms with van der Waals surface area (Å²) in [7, 11) is 6.19. The summed E-state index contributed by atoms with van der Waals surface area (Å²) in [6, 6.07) is 0. The van der Waals surface area contributed by atoms with E-state index < -0.39 is 0 Å². The molecule has 0 spiro atoms. The van der Waals surface area contributed by atoms with Crippen molar-refractivity contribution in [2.45, 2.75) is 27.2 Å². The molecule has 0 unspecified atom stereocenters. The van der Waals surface area contributed by atoms with E-state index in [1.54, 1.807) is 0 Å². The van der Waals surface area contributed by atoms with Gasteiger partial charge < -0.3 is 0 Å². The van der Waals surface area contributed by atoms with Gasteiger partial charge in [0, 0.05) is 27.7 Å². The Morgan fingerprint density at radius 2 is 1.40 bits per heavy atom. The van der Waals surface area contributed by atoms with Crippen LogP contribution in [-0.4, -0.2) is 37.7 Å². The molecule has 0 amide bonds. The van der Waals surface area contributed by atoms with Crippen molar-refractivity contribution < 1.29 is 0 Å². The largest absolute Gasteiger partial charge is 0.248 e. The van der Waals surface area contributed by atoms with Crippen LogP contribution in [0.15, 0.2) is 0 Å². The molecule has 0 fully saturated rings. The normalized spacial score (nSPS) is 9.60. The number of hydrogen-bond donors (Lipinski definition) is 0. The summed E-state index contributed by atoms with van der Waals surface area (Å²) >= 11 is 0. The van der Waals surface area contributed by atoms with E-state index >= 15 is 0 Å². The van der Waals surface area contributed by atoms with Gasteiger partial charge >= 0.3 is 0 Å². The van der Waals surface area contributed by atoms with E-state index in [0.29, 0.717) is 0 Å². The van der Waals surface area contributed by atoms with Crippen molar-refractivity contribution in [1.82, 2.24) is 10.0 Å². The van der Waals surface area contributed by atoms with Crippen LogP contribution < -0.4 is 0 Å². The monoisotopic (exact) mass is 146 g/mol. The van der Waals surface area contributed by atoms with Crippen LogP contribution >= 0.6 is 0 Å². The minimum absolute atomic E-state index is 1.15. The molecule has 64 valence electrons. The Kier molecular flexibility index (Phi) is 11.2. The number of rotatable bonds is 3. The van der Waals surface area contributed by atoms with Crippen LogP contribution in [0.1, 0.15) is 27.2 Å². The summed E-state index contributed by atoms with van der Waals surface area (Å²) in [5.74, 6) is 0. The van der Waals surface area contributed by atoms with Gasteiger partial charge in [-0.15, -0.1) is 0 Å². The van der Waals surface area contributed by atoms with Gasteiger partial charge in [0.2, 0.25) is 0 Å². The average molecular weight is 146 g/mol. The molecule has 0 aliphatic heterocycles. The zero-order chi connectivity index (χ0) is 8.57. The smallest absolute Gasteiger partial charge is 0.0127 e. The molecule has 0 aromatic rings. The lowest BCUT2D eigenvalue weighted by atomic mass is 10.5. The van der Waals surface area contributed by atoms with E-state index in [-0.39, 0.29) is 0 Å². The van der Waals surface area contributed by atoms with Crippen LogP contribution in [0, 0.1) is 0 Å². The van der Waals surface area contributed by atoms with E-state index in [0.717, 1.165) is 6.54 Å². The second kappa shape index (κ2) is 8.92. The average Bonchev–Trinajstić information content (AvgIpc) is 1.93. The van der Waals surface area contributed by atoms with Gasteiger partial charge in [-0.25, -0.2) is 10.0 Å². The Labute approximate surface area is 65.8 Å². The third-order valence-electron chi connectivity index (χ3n) is 1.23. The highest BCUT2D eigenvalue weighted by Gasteiger charge is 1.94. The molecular weight excluding hydrogens is 124 g/mol. The molecule has 0 aliphatic carbocycles. The number of nitrogens with zero attached hydrogens (tertiary/aromatic N) is 2. The minimum Gasteiger partial charge on any atom is -0.248 e. The van der Waals surface area contributed by atoms with Crippen LogP contribution in [0.25, 0.3) is 0 Å². The summed E-state index contributed by atoms with van der Waals surface area (Å²) in [4.78, 5) is 0. The van der Waals surface area contributed by atoms with Gasteiger partial charge in [0.1, 0.15) is 0 Å². The topological polar surface area (TPSA) is 6.48 Å². The first-order valence-electron chi connectivity index (χ1n) is 4.06. The second-order valence-electron chi connectivity index (χ2n) is 2.23. The Bertz CT molecular complexity index is 53.2. The first-order valence-corrected chi connectivity index (χ1v) is 4.06. The fraction of sp³-hybridized carbons (Fsp3) is 1.00. The maximum atomic E-state index is 2.18. The van der Waals surface area contributed by atoms with Gasteiger partial charge in [-0.1, -0.05) is 20.8 Å². The highest BCUT2D eigenvalue weighted by molar-refractivity contribution is 4.38. The molecule has 0 atom stereocenters. The molecule has 0 rings (SSSR count). The fourth-order valence-electron chi connectivity index (χ4n) is 0.524. The van der Waals surface area contributed by atoms with Gasteiger partial charge in [0.25, 0.3) is 0 Å². The molecule has 0 N–H and O–H groups in total. The Hall–Kier alpha value is -0.0800. The highest BCUT2D eigenvalue weighted by Crippen LogP contribution is 1.86. The van der Waals surface area contributed by atoms with E-state index in [9.17, 15) is 0 Å². The van der Waals surface area contributed by atoms with Crippen molar-refractivity contribution in [1.29, 1.82) is 0 Å². The first kappa shape index (κ1) is 12.6. The van der Waals surface area contributed by atoms with Gasteiger partial charge in [-0.2, -0.15) is 0 Å². The van der Waals surface area contributed by atoms with Crippen molar-refractivity contribution in [3.8, 4) is 0 Å². The molecule has 0 aromatic carbocycles. The van der Waals surface area contributed by atoms with E-state index in [2.05, 4.69) is 38.1 Å². The Balaban J connectivity index is 0. The molecule has 0 saturated heterocycles. The molecule has 0 aliphatic rings. The van der Waals surface area contributed by atoms with Crippen molar-refractivity contribution >= 4 is 0 Å². The second-order valence-corrected chi connectivity index (χ2v) is 2.23. The molecule has 0 saturated carbocycles. The summed E-state index contributed by atoms with van der Waals surface area (Å²) in [6.07, 6.45) is 1.22. The minimum atomic E-state index is 1.15. The molecule has 0 heterocycles. The van der Waals surface area contributed by atoms with Crippen LogP contribution in [0.5, 0.6) is 0 Å². The standard InChI is InChI=1S/C6H16N2.C2H6/c1-5-6-8(4)7(2)3;1-2/h5-6H2,1-4H3;1-2H3. The lowest BCUT2D eigenvalue weighted by Crippen LogP contribution is -2.33. The third-order valence-corrected chi connectivity index (χ3v) is 1.23. The summed E-state index contributed by atoms with van der Waals surface area (Å²) < 4.78 is 0. The molecule has 0 aromatic heterocycles. The first-order chi connectivity index (χ1) is 4.68. The van der Waals surface area contributed by atoms with Crippen molar-refractivity contribution in [2.75, 3.05) is 27.7 Å². The molecule has 2 heteroatoms. The zero-order valence-electron chi connectivity index (χ0n) is 8.31. The van der Waals surface area contributed by atoms with Crippen molar-refractivity contribution in [3.63, 3.8) is 0 Å². The number of hydrazine groups is 1. The highest BCUT2D eigenvalue weighted by atomic mass is 15.6. The maximum absolute atomic E-state index is 2.18. The third kappa shape index (κ3) is 7.92. The SMILES string of the molecule is CC.CCCN(C)N(C)C. The molecule has 10 heavy (non-hydrogen) atoms. The quantitative estimate of drug-likeness (QED) is 0.560. The van der Waals surface area contributed by atoms with Gasteiger partial charge in [0.05, 0.1) is 0 Å². The number of hydrogen-bond acceptors (Lipinski definition) is 2. The zero-order valence-corrected chi connectivity index (χ0v) is 8.31. The maximum Gasteiger partial charge on any atom is 0.0127 e. The van der Waals surface area contributed by atoms with Gasteiger partial charge in [-0.3, -0.25) is 0 Å². The van der Waals surface area contributed by atoms with E-state index in [1.807, 2.05) is 13.8 Å². The van der Waals surface area contributed by atoms with Crippen LogP contribution in [0.3, 0.4) is 0 Å². The predicted octanol–water partition coefficient (Wildman–Crippen LogP) is 1.83. The molecular formula is C8H22N2. The van der Waals surface area contributed by atoms with Crippen molar-refractivity contribution in [3.05, 3.63) is 0 Å². The fourth-order valence-corrected chi connectivity index (χ4v) is 0.524. The molecule has 2 nitrogen and oxygen atoms in total. The summed E-state index contributed by atoms with van der Waals surface area (Å²) in [5.41, 5.74) is 0. The Morgan fingerprint density at radius 3 is 1.50 bits per heavy atom. The van der Waals surface area contributed by atoms with Crippen LogP contribution in [-0.2, 0) is 0 Å². The van der Waals surface area contributed by atoms with Gasteiger partial charge in [-0.05, 0) is 6.42 Å². The molecule has 0 bridgehead atoms.